The molecule has 0 aliphatic heterocycles. The summed E-state index contributed by atoms with van der Waals surface area (Å²) in [6.45, 7) is 3.90. The van der Waals surface area contributed by atoms with Crippen molar-refractivity contribution in [2.24, 2.45) is 0 Å². The fourth-order valence-electron chi connectivity index (χ4n) is 2.27. The van der Waals surface area contributed by atoms with Crippen LogP contribution < -0.4 is 0 Å². The second kappa shape index (κ2) is 4.81. The Morgan fingerprint density at radius 2 is 1.70 bits per heavy atom. The highest BCUT2D eigenvalue weighted by atomic mass is 16.3. The number of aromatic hydroxyl groups is 1. The Hall–Kier alpha value is -2.62. The van der Waals surface area contributed by atoms with Crippen molar-refractivity contribution in [2.45, 2.75) is 13.8 Å². The van der Waals surface area contributed by atoms with Gasteiger partial charge in [0.05, 0.1) is 5.69 Å². The topological polar surface area (TPSA) is 50.9 Å². The minimum atomic E-state index is -0.00564. The smallest absolute Gasteiger partial charge is 0.213 e. The van der Waals surface area contributed by atoms with Crippen LogP contribution in [0.25, 0.3) is 16.9 Å². The third-order valence-electron chi connectivity index (χ3n) is 3.13. The van der Waals surface area contributed by atoms with E-state index in [1.54, 1.807) is 10.7 Å². The molecule has 3 aromatic rings. The van der Waals surface area contributed by atoms with Gasteiger partial charge < -0.3 is 5.11 Å². The van der Waals surface area contributed by atoms with Gasteiger partial charge in [0.25, 0.3) is 0 Å². The third-order valence-corrected chi connectivity index (χ3v) is 3.13. The quantitative estimate of drug-likeness (QED) is 0.773. The number of nitrogens with zero attached hydrogens (tertiary/aromatic N) is 3. The monoisotopic (exact) mass is 265 g/mol. The molecule has 1 aromatic carbocycles. The lowest BCUT2D eigenvalue weighted by molar-refractivity contribution is 0.452. The molecule has 0 saturated heterocycles. The first-order valence-electron chi connectivity index (χ1n) is 6.43. The van der Waals surface area contributed by atoms with E-state index in [0.717, 1.165) is 22.5 Å². The molecule has 0 spiro atoms. The molecular formula is C16H15N3O. The average molecular weight is 265 g/mol. The number of aromatic nitrogens is 3. The lowest BCUT2D eigenvalue weighted by Gasteiger charge is -2.07. The Morgan fingerprint density at radius 1 is 0.950 bits per heavy atom. The van der Waals surface area contributed by atoms with Gasteiger partial charge in [-0.2, -0.15) is 10.1 Å². The highest BCUT2D eigenvalue weighted by molar-refractivity contribution is 5.66. The zero-order chi connectivity index (χ0) is 14.1. The first kappa shape index (κ1) is 12.4. The maximum atomic E-state index is 9.86. The number of pyridine rings is 1. The number of hydrogen-bond acceptors (Lipinski definition) is 3. The molecule has 100 valence electrons. The van der Waals surface area contributed by atoms with Crippen LogP contribution in [0.5, 0.6) is 5.88 Å². The molecule has 0 radical (unpaired) electrons. The Kier molecular flexibility index (Phi) is 2.99. The Bertz CT molecular complexity index is 748. The Balaban J connectivity index is 2.14. The lowest BCUT2D eigenvalue weighted by Crippen LogP contribution is -2.02. The van der Waals surface area contributed by atoms with Crippen LogP contribution in [0, 0.1) is 13.8 Å². The van der Waals surface area contributed by atoms with Gasteiger partial charge in [-0.15, -0.1) is 0 Å². The number of hydrogen-bond donors (Lipinski definition) is 1. The first-order chi connectivity index (χ1) is 9.63. The van der Waals surface area contributed by atoms with E-state index in [9.17, 15) is 5.11 Å². The zero-order valence-electron chi connectivity index (χ0n) is 11.4. The number of aryl methyl sites for hydroxylation is 2. The van der Waals surface area contributed by atoms with Crippen LogP contribution in [-0.2, 0) is 0 Å². The normalized spacial score (nSPS) is 10.7. The maximum Gasteiger partial charge on any atom is 0.213 e. The standard InChI is InChI=1S/C16H15N3O/c1-11-8-12(2)19(18-11)15-9-14(10-16(20)17-15)13-6-4-3-5-7-13/h3-10H,1-2H3,(H,17,20). The predicted octanol–water partition coefficient (Wildman–Crippen LogP) is 3.26. The van der Waals surface area contributed by atoms with Crippen LogP contribution in [0.4, 0.5) is 0 Å². The first-order valence-corrected chi connectivity index (χ1v) is 6.43. The van der Waals surface area contributed by atoms with Crippen molar-refractivity contribution < 1.29 is 5.11 Å². The van der Waals surface area contributed by atoms with Crippen molar-refractivity contribution in [1.29, 1.82) is 0 Å². The molecule has 0 aliphatic rings. The van der Waals surface area contributed by atoms with E-state index in [4.69, 9.17) is 0 Å². The van der Waals surface area contributed by atoms with Gasteiger partial charge in [0.1, 0.15) is 0 Å². The molecular weight excluding hydrogens is 250 g/mol. The fourth-order valence-corrected chi connectivity index (χ4v) is 2.27. The summed E-state index contributed by atoms with van der Waals surface area (Å²) < 4.78 is 1.74. The van der Waals surface area contributed by atoms with Gasteiger partial charge in [0, 0.05) is 11.8 Å². The average Bonchev–Trinajstić information content (AvgIpc) is 2.78. The van der Waals surface area contributed by atoms with Crippen LogP contribution in [0.2, 0.25) is 0 Å². The van der Waals surface area contributed by atoms with E-state index in [1.807, 2.05) is 56.3 Å². The zero-order valence-corrected chi connectivity index (χ0v) is 11.4. The second-order valence-electron chi connectivity index (χ2n) is 4.78. The molecule has 4 nitrogen and oxygen atoms in total. The number of rotatable bonds is 2. The minimum absolute atomic E-state index is 0.00564. The van der Waals surface area contributed by atoms with Crippen molar-refractivity contribution in [1.82, 2.24) is 14.8 Å². The SMILES string of the molecule is Cc1cc(C)n(-c2cc(-c3ccccc3)cc(O)n2)n1. The van der Waals surface area contributed by atoms with Gasteiger partial charge >= 0.3 is 0 Å². The van der Waals surface area contributed by atoms with E-state index in [2.05, 4.69) is 10.1 Å². The highest BCUT2D eigenvalue weighted by Gasteiger charge is 2.09. The van der Waals surface area contributed by atoms with E-state index in [1.165, 1.54) is 0 Å². The van der Waals surface area contributed by atoms with E-state index < -0.39 is 0 Å². The third kappa shape index (κ3) is 2.28. The maximum absolute atomic E-state index is 9.86. The van der Waals surface area contributed by atoms with Crippen molar-refractivity contribution in [3.8, 4) is 22.8 Å². The summed E-state index contributed by atoms with van der Waals surface area (Å²) in [5.74, 6) is 0.614. The van der Waals surface area contributed by atoms with Crippen LogP contribution in [0.15, 0.2) is 48.5 Å². The molecule has 2 aromatic heterocycles. The molecule has 0 aliphatic carbocycles. The van der Waals surface area contributed by atoms with Gasteiger partial charge in [0.2, 0.25) is 5.88 Å². The summed E-state index contributed by atoms with van der Waals surface area (Å²) in [6, 6.07) is 15.5. The largest absolute Gasteiger partial charge is 0.493 e. The molecule has 0 bridgehead atoms. The van der Waals surface area contributed by atoms with Crippen molar-refractivity contribution >= 4 is 0 Å². The van der Waals surface area contributed by atoms with Crippen molar-refractivity contribution in [3.63, 3.8) is 0 Å². The van der Waals surface area contributed by atoms with Gasteiger partial charge in [-0.25, -0.2) is 4.68 Å². The molecule has 0 atom stereocenters. The second-order valence-corrected chi connectivity index (χ2v) is 4.78. The molecule has 20 heavy (non-hydrogen) atoms. The Morgan fingerprint density at radius 3 is 2.35 bits per heavy atom. The predicted molar refractivity (Wildman–Crippen MR) is 77.9 cm³/mol. The lowest BCUT2D eigenvalue weighted by atomic mass is 10.1. The van der Waals surface area contributed by atoms with Crippen molar-refractivity contribution in [2.75, 3.05) is 0 Å². The Labute approximate surface area is 117 Å². The summed E-state index contributed by atoms with van der Waals surface area (Å²) in [5, 5.41) is 14.3. The highest BCUT2D eigenvalue weighted by Crippen LogP contribution is 2.25. The van der Waals surface area contributed by atoms with E-state index in [-0.39, 0.29) is 5.88 Å². The molecule has 0 saturated carbocycles. The minimum Gasteiger partial charge on any atom is -0.493 e. The molecule has 0 amide bonds. The van der Waals surface area contributed by atoms with Gasteiger partial charge in [0.15, 0.2) is 5.82 Å². The molecule has 4 heteroatoms. The van der Waals surface area contributed by atoms with Crippen LogP contribution in [0.3, 0.4) is 0 Å². The molecule has 3 rings (SSSR count). The summed E-state index contributed by atoms with van der Waals surface area (Å²) in [5.41, 5.74) is 3.86. The summed E-state index contributed by atoms with van der Waals surface area (Å²) >= 11 is 0. The molecule has 0 fully saturated rings. The van der Waals surface area contributed by atoms with Gasteiger partial charge in [-0.3, -0.25) is 0 Å². The fraction of sp³-hybridized carbons (Fsp3) is 0.125. The summed E-state index contributed by atoms with van der Waals surface area (Å²) in [4.78, 5) is 4.16. The van der Waals surface area contributed by atoms with Gasteiger partial charge in [-0.05, 0) is 37.1 Å². The van der Waals surface area contributed by atoms with Crippen molar-refractivity contribution in [3.05, 3.63) is 59.9 Å². The molecule has 0 unspecified atom stereocenters. The van der Waals surface area contributed by atoms with E-state index >= 15 is 0 Å². The van der Waals surface area contributed by atoms with Crippen LogP contribution >= 0.6 is 0 Å². The van der Waals surface area contributed by atoms with Gasteiger partial charge in [-0.1, -0.05) is 30.3 Å². The molecule has 2 heterocycles. The summed E-state index contributed by atoms with van der Waals surface area (Å²) in [6.07, 6.45) is 0. The van der Waals surface area contributed by atoms with Crippen LogP contribution in [0.1, 0.15) is 11.4 Å². The molecule has 1 N–H and O–H groups in total. The number of benzene rings is 1. The van der Waals surface area contributed by atoms with E-state index in [0.29, 0.717) is 5.82 Å². The van der Waals surface area contributed by atoms with Crippen LogP contribution in [-0.4, -0.2) is 19.9 Å². The summed E-state index contributed by atoms with van der Waals surface area (Å²) in [7, 11) is 0.